The van der Waals surface area contributed by atoms with Crippen LogP contribution in [0.2, 0.25) is 0 Å². The van der Waals surface area contributed by atoms with Gasteiger partial charge in [-0.1, -0.05) is 29.8 Å². The second kappa shape index (κ2) is 10.9. The molecule has 1 aromatic rings. The number of amides is 1. The zero-order valence-electron chi connectivity index (χ0n) is 18.1. The van der Waals surface area contributed by atoms with Crippen LogP contribution in [0.3, 0.4) is 0 Å². The van der Waals surface area contributed by atoms with Crippen LogP contribution >= 0.6 is 0 Å². The molecule has 0 unspecified atom stereocenters. The summed E-state index contributed by atoms with van der Waals surface area (Å²) in [5.74, 6) is -2.61. The molecule has 1 spiro atoms. The average Bonchev–Trinajstić information content (AvgIpc) is 2.72. The first-order chi connectivity index (χ1) is 14.5. The third-order valence-corrected chi connectivity index (χ3v) is 6.13. The standard InChI is InChI=1S/C20H30N2O2.C2HF3O2/c1-17-3-5-18(6-4-17)15-21-11-7-20(8-12-21)9-13-22(14-10-20)19(23)16-24-2;3-2(4,5)1(6)7/h3-6H,7-16H2,1-2H3;(H,6,7). The topological polar surface area (TPSA) is 70.1 Å². The number of alkyl halides is 3. The van der Waals surface area contributed by atoms with Crippen molar-refractivity contribution in [2.75, 3.05) is 39.9 Å². The van der Waals surface area contributed by atoms with E-state index in [0.29, 0.717) is 5.41 Å². The summed E-state index contributed by atoms with van der Waals surface area (Å²) in [5, 5.41) is 7.12. The lowest BCUT2D eigenvalue weighted by molar-refractivity contribution is -0.192. The number of rotatable bonds is 4. The highest BCUT2D eigenvalue weighted by molar-refractivity contribution is 5.77. The number of likely N-dealkylation sites (tertiary alicyclic amines) is 2. The molecule has 2 aliphatic heterocycles. The molecule has 0 bridgehead atoms. The number of hydrogen-bond acceptors (Lipinski definition) is 4. The zero-order chi connectivity index (χ0) is 23.1. The van der Waals surface area contributed by atoms with E-state index in [-0.39, 0.29) is 12.5 Å². The first kappa shape index (κ1) is 25.1. The predicted molar refractivity (Wildman–Crippen MR) is 110 cm³/mol. The van der Waals surface area contributed by atoms with Gasteiger partial charge in [0.2, 0.25) is 5.91 Å². The summed E-state index contributed by atoms with van der Waals surface area (Å²) in [6.45, 7) is 7.59. The van der Waals surface area contributed by atoms with E-state index in [2.05, 4.69) is 36.1 Å². The largest absolute Gasteiger partial charge is 0.490 e. The molecular weight excluding hydrogens is 413 g/mol. The van der Waals surface area contributed by atoms with E-state index < -0.39 is 12.1 Å². The molecule has 2 heterocycles. The SMILES string of the molecule is COCC(=O)N1CCC2(CCN(Cc3ccc(C)cc3)CC2)CC1.O=C(O)C(F)(F)F. The Morgan fingerprint density at radius 3 is 1.97 bits per heavy atom. The number of aryl methyl sites for hydroxylation is 1. The van der Waals surface area contributed by atoms with Crippen LogP contribution in [-0.2, 0) is 20.9 Å². The number of carboxylic acids is 1. The summed E-state index contributed by atoms with van der Waals surface area (Å²) in [5.41, 5.74) is 3.20. The monoisotopic (exact) mass is 444 g/mol. The van der Waals surface area contributed by atoms with Gasteiger partial charge in [-0.05, 0) is 56.7 Å². The normalized spacial score (nSPS) is 18.9. The maximum atomic E-state index is 11.9. The Hall–Kier alpha value is -2.13. The fourth-order valence-electron chi connectivity index (χ4n) is 4.08. The molecule has 9 heteroatoms. The minimum absolute atomic E-state index is 0.143. The molecule has 2 saturated heterocycles. The number of hydrogen-bond donors (Lipinski definition) is 1. The number of aliphatic carboxylic acids is 1. The van der Waals surface area contributed by atoms with Crippen molar-refractivity contribution in [2.45, 2.75) is 45.3 Å². The van der Waals surface area contributed by atoms with Crippen molar-refractivity contribution in [1.82, 2.24) is 9.80 Å². The third-order valence-electron chi connectivity index (χ3n) is 6.13. The molecule has 0 aliphatic carbocycles. The van der Waals surface area contributed by atoms with Crippen molar-refractivity contribution in [1.29, 1.82) is 0 Å². The summed E-state index contributed by atoms with van der Waals surface area (Å²) in [6, 6.07) is 8.90. The van der Waals surface area contributed by atoms with Crippen LogP contribution in [0.25, 0.3) is 0 Å². The van der Waals surface area contributed by atoms with Gasteiger partial charge in [0.25, 0.3) is 0 Å². The predicted octanol–water partition coefficient (Wildman–Crippen LogP) is 3.48. The zero-order valence-corrected chi connectivity index (χ0v) is 18.1. The highest BCUT2D eigenvalue weighted by Gasteiger charge is 2.39. The van der Waals surface area contributed by atoms with Gasteiger partial charge >= 0.3 is 12.1 Å². The minimum Gasteiger partial charge on any atom is -0.475 e. The van der Waals surface area contributed by atoms with Gasteiger partial charge in [-0.3, -0.25) is 9.69 Å². The van der Waals surface area contributed by atoms with Gasteiger partial charge in [-0.2, -0.15) is 13.2 Å². The molecule has 0 aromatic heterocycles. The molecule has 174 valence electrons. The van der Waals surface area contributed by atoms with Crippen LogP contribution in [-0.4, -0.2) is 72.9 Å². The van der Waals surface area contributed by atoms with Crippen LogP contribution < -0.4 is 0 Å². The van der Waals surface area contributed by atoms with E-state index in [9.17, 15) is 18.0 Å². The molecule has 3 rings (SSSR count). The first-order valence-corrected chi connectivity index (χ1v) is 10.4. The molecule has 1 aromatic carbocycles. The van der Waals surface area contributed by atoms with Crippen LogP contribution in [0.5, 0.6) is 0 Å². The van der Waals surface area contributed by atoms with E-state index >= 15 is 0 Å². The van der Waals surface area contributed by atoms with Gasteiger partial charge in [0.15, 0.2) is 0 Å². The maximum absolute atomic E-state index is 11.9. The number of benzene rings is 1. The van der Waals surface area contributed by atoms with Crippen LogP contribution in [0, 0.1) is 12.3 Å². The van der Waals surface area contributed by atoms with Gasteiger partial charge in [-0.25, -0.2) is 4.79 Å². The minimum atomic E-state index is -5.08. The summed E-state index contributed by atoms with van der Waals surface area (Å²) < 4.78 is 36.7. The highest BCUT2D eigenvalue weighted by atomic mass is 19.4. The Kier molecular flexibility index (Phi) is 8.88. The number of ether oxygens (including phenoxy) is 1. The van der Waals surface area contributed by atoms with Crippen molar-refractivity contribution in [3.05, 3.63) is 35.4 Å². The van der Waals surface area contributed by atoms with Crippen molar-refractivity contribution < 1.29 is 32.6 Å². The van der Waals surface area contributed by atoms with Gasteiger partial charge in [0.1, 0.15) is 6.61 Å². The molecule has 0 atom stereocenters. The molecule has 1 N–H and O–H groups in total. The summed E-state index contributed by atoms with van der Waals surface area (Å²) in [6.07, 6.45) is -0.238. The smallest absolute Gasteiger partial charge is 0.475 e. The Morgan fingerprint density at radius 1 is 1.03 bits per heavy atom. The van der Waals surface area contributed by atoms with Gasteiger partial charge in [0, 0.05) is 26.7 Å². The second-order valence-corrected chi connectivity index (χ2v) is 8.38. The molecule has 2 fully saturated rings. The number of carbonyl (C=O) groups is 2. The average molecular weight is 444 g/mol. The van der Waals surface area contributed by atoms with E-state index in [4.69, 9.17) is 14.6 Å². The lowest BCUT2D eigenvalue weighted by Gasteiger charge is -2.47. The van der Waals surface area contributed by atoms with Gasteiger partial charge in [0.05, 0.1) is 0 Å². The number of halogens is 3. The maximum Gasteiger partial charge on any atom is 0.490 e. The number of nitrogens with zero attached hydrogens (tertiary/aromatic N) is 2. The fourth-order valence-corrected chi connectivity index (χ4v) is 4.08. The molecule has 31 heavy (non-hydrogen) atoms. The lowest BCUT2D eigenvalue weighted by atomic mass is 9.71. The molecule has 2 aliphatic rings. The lowest BCUT2D eigenvalue weighted by Crippen LogP contribution is -2.48. The van der Waals surface area contributed by atoms with Crippen LogP contribution in [0.1, 0.15) is 36.8 Å². The second-order valence-electron chi connectivity index (χ2n) is 8.38. The number of carboxylic acid groups (broad SMARTS) is 1. The Balaban J connectivity index is 0.000000423. The van der Waals surface area contributed by atoms with E-state index in [1.165, 1.54) is 37.1 Å². The van der Waals surface area contributed by atoms with Crippen LogP contribution in [0.15, 0.2) is 24.3 Å². The van der Waals surface area contributed by atoms with Crippen molar-refractivity contribution >= 4 is 11.9 Å². The summed E-state index contributed by atoms with van der Waals surface area (Å²) in [7, 11) is 1.59. The van der Waals surface area contributed by atoms with Crippen LogP contribution in [0.4, 0.5) is 13.2 Å². The molecule has 1 amide bonds. The van der Waals surface area contributed by atoms with E-state index in [1.54, 1.807) is 7.11 Å². The molecule has 6 nitrogen and oxygen atoms in total. The number of carbonyl (C=O) groups excluding carboxylic acids is 1. The summed E-state index contributed by atoms with van der Waals surface area (Å²) >= 11 is 0. The Labute approximate surface area is 181 Å². The first-order valence-electron chi connectivity index (χ1n) is 10.4. The fraction of sp³-hybridized carbons (Fsp3) is 0.636. The molecular formula is C22H31F3N2O4. The van der Waals surface area contributed by atoms with Crippen molar-refractivity contribution in [3.8, 4) is 0 Å². The number of methoxy groups -OCH3 is 1. The molecule has 0 radical (unpaired) electrons. The Bertz CT molecular complexity index is 719. The van der Waals surface area contributed by atoms with Gasteiger partial charge in [-0.15, -0.1) is 0 Å². The summed E-state index contributed by atoms with van der Waals surface area (Å²) in [4.78, 5) is 25.4. The van der Waals surface area contributed by atoms with E-state index in [1.807, 2.05) is 4.90 Å². The van der Waals surface area contributed by atoms with Crippen molar-refractivity contribution in [2.24, 2.45) is 5.41 Å². The van der Waals surface area contributed by atoms with Crippen molar-refractivity contribution in [3.63, 3.8) is 0 Å². The Morgan fingerprint density at radius 2 is 1.52 bits per heavy atom. The molecule has 0 saturated carbocycles. The van der Waals surface area contributed by atoms with Gasteiger partial charge < -0.3 is 14.7 Å². The third kappa shape index (κ3) is 7.81. The number of piperidine rings is 2. The quantitative estimate of drug-likeness (QED) is 0.770. The van der Waals surface area contributed by atoms with E-state index in [0.717, 1.165) is 32.5 Å². The highest BCUT2D eigenvalue weighted by Crippen LogP contribution is 2.41.